The fraction of sp³-hybridized carbons (Fsp3) is 0.375. The van der Waals surface area contributed by atoms with Gasteiger partial charge in [0.05, 0.1) is 15.1 Å². The normalized spacial score (nSPS) is 11.0. The highest BCUT2D eigenvalue weighted by atomic mass is 35.5. The standard InChI is InChI=1S/C16H19Cl2N3OS.ClH/c1-16(2,10-3-4-11(17)12(18)7-10)9-20-15(22)13-8-23-14(21-13)5-6-19;/h3-4,7-8H,5-6,9,19H2,1-2H3,(H,20,22);1H. The molecule has 2 aromatic rings. The Balaban J connectivity index is 0.00000288. The lowest BCUT2D eigenvalue weighted by atomic mass is 9.84. The van der Waals surface area contributed by atoms with Gasteiger partial charge in [-0.1, -0.05) is 43.1 Å². The Kier molecular flexibility index (Phi) is 7.96. The first kappa shape index (κ1) is 21.2. The highest BCUT2D eigenvalue weighted by Gasteiger charge is 2.23. The van der Waals surface area contributed by atoms with Crippen LogP contribution >= 0.6 is 46.9 Å². The van der Waals surface area contributed by atoms with Crippen LogP contribution in [0.4, 0.5) is 0 Å². The van der Waals surface area contributed by atoms with E-state index in [-0.39, 0.29) is 23.7 Å². The van der Waals surface area contributed by atoms with Crippen LogP contribution < -0.4 is 11.1 Å². The zero-order chi connectivity index (χ0) is 17.0. The molecule has 1 aromatic carbocycles. The maximum atomic E-state index is 12.2. The maximum absolute atomic E-state index is 12.2. The van der Waals surface area contributed by atoms with Crippen molar-refractivity contribution in [2.75, 3.05) is 13.1 Å². The van der Waals surface area contributed by atoms with Crippen molar-refractivity contribution in [2.24, 2.45) is 5.73 Å². The molecule has 0 atom stereocenters. The Morgan fingerprint density at radius 3 is 2.67 bits per heavy atom. The largest absolute Gasteiger partial charge is 0.350 e. The van der Waals surface area contributed by atoms with Gasteiger partial charge in [0.2, 0.25) is 0 Å². The van der Waals surface area contributed by atoms with E-state index in [1.54, 1.807) is 11.4 Å². The molecule has 1 aromatic heterocycles. The molecule has 132 valence electrons. The number of amides is 1. The third-order valence-electron chi connectivity index (χ3n) is 3.53. The second-order valence-electron chi connectivity index (χ2n) is 5.86. The number of hydrogen-bond donors (Lipinski definition) is 2. The Morgan fingerprint density at radius 2 is 2.04 bits per heavy atom. The van der Waals surface area contributed by atoms with Crippen LogP contribution in [-0.2, 0) is 11.8 Å². The average molecular weight is 409 g/mol. The highest BCUT2D eigenvalue weighted by Crippen LogP contribution is 2.29. The molecule has 0 bridgehead atoms. The summed E-state index contributed by atoms with van der Waals surface area (Å²) in [6.07, 6.45) is 0.687. The number of nitrogens with zero attached hydrogens (tertiary/aromatic N) is 1. The summed E-state index contributed by atoms with van der Waals surface area (Å²) in [7, 11) is 0. The number of nitrogens with two attached hydrogens (primary N) is 1. The fourth-order valence-electron chi connectivity index (χ4n) is 2.06. The topological polar surface area (TPSA) is 68.0 Å². The van der Waals surface area contributed by atoms with Gasteiger partial charge in [0.25, 0.3) is 5.91 Å². The van der Waals surface area contributed by atoms with Crippen molar-refractivity contribution >= 4 is 52.9 Å². The average Bonchev–Trinajstić information content (AvgIpc) is 2.97. The molecular formula is C16H20Cl3N3OS. The minimum Gasteiger partial charge on any atom is -0.350 e. The molecule has 0 fully saturated rings. The second-order valence-corrected chi connectivity index (χ2v) is 7.62. The van der Waals surface area contributed by atoms with Gasteiger partial charge in [-0.3, -0.25) is 4.79 Å². The van der Waals surface area contributed by atoms with Gasteiger partial charge in [-0.05, 0) is 24.2 Å². The number of thiazole rings is 1. The summed E-state index contributed by atoms with van der Waals surface area (Å²) in [4.78, 5) is 16.5. The molecule has 8 heteroatoms. The van der Waals surface area contributed by atoms with E-state index < -0.39 is 0 Å². The number of benzene rings is 1. The lowest BCUT2D eigenvalue weighted by molar-refractivity contribution is 0.0941. The second kappa shape index (κ2) is 9.02. The van der Waals surface area contributed by atoms with Gasteiger partial charge in [0, 0.05) is 23.8 Å². The van der Waals surface area contributed by atoms with Crippen molar-refractivity contribution in [2.45, 2.75) is 25.7 Å². The van der Waals surface area contributed by atoms with Crippen molar-refractivity contribution < 1.29 is 4.79 Å². The predicted molar refractivity (Wildman–Crippen MR) is 104 cm³/mol. The van der Waals surface area contributed by atoms with Gasteiger partial charge in [0.1, 0.15) is 5.69 Å². The predicted octanol–water partition coefficient (Wildman–Crippen LogP) is 4.08. The fourth-order valence-corrected chi connectivity index (χ4v) is 3.16. The minimum atomic E-state index is -0.278. The zero-order valence-corrected chi connectivity index (χ0v) is 16.6. The highest BCUT2D eigenvalue weighted by molar-refractivity contribution is 7.09. The summed E-state index contributed by atoms with van der Waals surface area (Å²) in [5.41, 5.74) is 6.66. The number of rotatable bonds is 6. The lowest BCUT2D eigenvalue weighted by Crippen LogP contribution is -2.36. The molecule has 2 rings (SSSR count). The summed E-state index contributed by atoms with van der Waals surface area (Å²) in [5.74, 6) is -0.183. The number of carbonyl (C=O) groups excluding carboxylic acids is 1. The van der Waals surface area contributed by atoms with E-state index in [0.29, 0.717) is 35.2 Å². The molecule has 0 spiro atoms. The first-order valence-electron chi connectivity index (χ1n) is 7.21. The van der Waals surface area contributed by atoms with Crippen LogP contribution in [0.15, 0.2) is 23.6 Å². The van der Waals surface area contributed by atoms with Gasteiger partial charge >= 0.3 is 0 Å². The van der Waals surface area contributed by atoms with Crippen LogP contribution in [0, 0.1) is 0 Å². The third kappa shape index (κ3) is 5.33. The monoisotopic (exact) mass is 407 g/mol. The minimum absolute atomic E-state index is 0. The molecule has 0 saturated carbocycles. The number of halogens is 3. The number of carbonyl (C=O) groups is 1. The molecule has 4 nitrogen and oxygen atoms in total. The first-order valence-corrected chi connectivity index (χ1v) is 8.85. The Labute approximate surface area is 162 Å². The number of nitrogens with one attached hydrogen (secondary N) is 1. The molecule has 3 N–H and O–H groups in total. The van der Waals surface area contributed by atoms with Gasteiger partial charge in [0.15, 0.2) is 0 Å². The van der Waals surface area contributed by atoms with Gasteiger partial charge < -0.3 is 11.1 Å². The van der Waals surface area contributed by atoms with E-state index in [0.717, 1.165) is 10.6 Å². The van der Waals surface area contributed by atoms with Crippen LogP contribution in [0.25, 0.3) is 0 Å². The molecular weight excluding hydrogens is 389 g/mol. The van der Waals surface area contributed by atoms with E-state index in [1.165, 1.54) is 11.3 Å². The lowest BCUT2D eigenvalue weighted by Gasteiger charge is -2.26. The summed E-state index contributed by atoms with van der Waals surface area (Å²) in [6.45, 7) is 5.06. The van der Waals surface area contributed by atoms with E-state index >= 15 is 0 Å². The van der Waals surface area contributed by atoms with Crippen LogP contribution in [0.3, 0.4) is 0 Å². The van der Waals surface area contributed by atoms with E-state index in [4.69, 9.17) is 28.9 Å². The molecule has 0 unspecified atom stereocenters. The van der Waals surface area contributed by atoms with Crippen molar-refractivity contribution in [3.05, 3.63) is 49.9 Å². The zero-order valence-electron chi connectivity index (χ0n) is 13.4. The SMILES string of the molecule is CC(C)(CNC(=O)c1csc(CCN)n1)c1ccc(Cl)c(Cl)c1.Cl. The summed E-state index contributed by atoms with van der Waals surface area (Å²) < 4.78 is 0. The van der Waals surface area contributed by atoms with E-state index in [1.807, 2.05) is 26.0 Å². The van der Waals surface area contributed by atoms with Gasteiger partial charge in [-0.15, -0.1) is 23.7 Å². The molecule has 1 amide bonds. The summed E-state index contributed by atoms with van der Waals surface area (Å²) >= 11 is 13.5. The van der Waals surface area contributed by atoms with Crippen LogP contribution in [-0.4, -0.2) is 24.0 Å². The molecule has 0 aliphatic carbocycles. The third-order valence-corrected chi connectivity index (χ3v) is 5.18. The van der Waals surface area contributed by atoms with Crippen LogP contribution in [0.5, 0.6) is 0 Å². The molecule has 24 heavy (non-hydrogen) atoms. The van der Waals surface area contributed by atoms with Crippen molar-refractivity contribution in [3.63, 3.8) is 0 Å². The van der Waals surface area contributed by atoms with Crippen molar-refractivity contribution in [1.29, 1.82) is 0 Å². The smallest absolute Gasteiger partial charge is 0.270 e. The Bertz CT molecular complexity index is 704. The van der Waals surface area contributed by atoms with E-state index in [9.17, 15) is 4.79 Å². The quantitative estimate of drug-likeness (QED) is 0.756. The summed E-state index contributed by atoms with van der Waals surface area (Å²) in [6, 6.07) is 5.52. The van der Waals surface area contributed by atoms with E-state index in [2.05, 4.69) is 10.3 Å². The molecule has 0 aliphatic heterocycles. The van der Waals surface area contributed by atoms with Gasteiger partial charge in [-0.2, -0.15) is 0 Å². The van der Waals surface area contributed by atoms with Crippen LogP contribution in [0.1, 0.15) is 34.9 Å². The number of hydrogen-bond acceptors (Lipinski definition) is 4. The molecule has 0 radical (unpaired) electrons. The Morgan fingerprint density at radius 1 is 1.33 bits per heavy atom. The van der Waals surface area contributed by atoms with Crippen LogP contribution in [0.2, 0.25) is 10.0 Å². The summed E-state index contributed by atoms with van der Waals surface area (Å²) in [5, 5.41) is 6.59. The maximum Gasteiger partial charge on any atom is 0.270 e. The first-order chi connectivity index (χ1) is 10.8. The van der Waals surface area contributed by atoms with Crippen molar-refractivity contribution in [3.8, 4) is 0 Å². The van der Waals surface area contributed by atoms with Crippen molar-refractivity contribution in [1.82, 2.24) is 10.3 Å². The molecule has 0 saturated heterocycles. The molecule has 1 heterocycles. The number of aromatic nitrogens is 1. The Hall–Kier alpha value is -0.850. The molecule has 0 aliphatic rings. The van der Waals surface area contributed by atoms with Gasteiger partial charge in [-0.25, -0.2) is 4.98 Å².